The first-order chi connectivity index (χ1) is 16.0. The second-order valence-corrected chi connectivity index (χ2v) is 8.28. The van der Waals surface area contributed by atoms with E-state index >= 15 is 0 Å². The number of nitrogens with two attached hydrogens (primary N) is 1. The Balaban J connectivity index is 2.20. The SMILES string of the molecule is CN(CC(=O)OCN(C(=O)CI)c1nc2c(F)cc(C#N)c(F)c2n1I)C(=O)CNC(=O)CN. The number of alkyl halides is 1. The summed E-state index contributed by atoms with van der Waals surface area (Å²) in [7, 11) is 1.30. The molecule has 3 N–H and O–H groups in total. The molecule has 0 fully saturated rings. The van der Waals surface area contributed by atoms with Gasteiger partial charge in [-0.05, 0) is 6.07 Å². The molecule has 0 atom stereocenters. The number of ether oxygens (including phenoxy) is 1. The predicted molar refractivity (Wildman–Crippen MR) is 131 cm³/mol. The molecule has 2 rings (SSSR count). The predicted octanol–water partition coefficient (Wildman–Crippen LogP) is 0.186. The summed E-state index contributed by atoms with van der Waals surface area (Å²) in [5, 5.41) is 11.3. The van der Waals surface area contributed by atoms with Crippen molar-refractivity contribution in [3.05, 3.63) is 23.3 Å². The molecule has 0 saturated heterocycles. The molecule has 0 aliphatic rings. The monoisotopic (exact) mass is 703 g/mol. The van der Waals surface area contributed by atoms with E-state index in [9.17, 15) is 28.0 Å². The van der Waals surface area contributed by atoms with Crippen LogP contribution in [-0.4, -0.2) is 74.2 Å². The number of nitrogens with zero attached hydrogens (tertiary/aromatic N) is 5. The quantitative estimate of drug-likeness (QED) is 0.162. The number of carbonyl (C=O) groups is 4. The Morgan fingerprint density at radius 1 is 1.32 bits per heavy atom. The molecule has 0 unspecified atom stereocenters. The molecule has 0 aliphatic heterocycles. The lowest BCUT2D eigenvalue weighted by molar-refractivity contribution is -0.148. The van der Waals surface area contributed by atoms with Crippen molar-refractivity contribution in [3.8, 4) is 6.07 Å². The second kappa shape index (κ2) is 12.2. The van der Waals surface area contributed by atoms with Gasteiger partial charge in [-0.1, -0.05) is 22.6 Å². The van der Waals surface area contributed by atoms with E-state index in [4.69, 9.17) is 15.7 Å². The van der Waals surface area contributed by atoms with Crippen molar-refractivity contribution < 1.29 is 32.7 Å². The van der Waals surface area contributed by atoms with Crippen molar-refractivity contribution in [1.29, 1.82) is 5.26 Å². The highest BCUT2D eigenvalue weighted by Crippen LogP contribution is 2.31. The number of likely N-dealkylation sites (N-methyl/N-ethyl adjacent to an activating group) is 1. The normalized spacial score (nSPS) is 10.5. The summed E-state index contributed by atoms with van der Waals surface area (Å²) >= 11 is 3.34. The maximum Gasteiger partial charge on any atom is 0.327 e. The summed E-state index contributed by atoms with van der Waals surface area (Å²) in [6.07, 6.45) is 0. The molecule has 0 radical (unpaired) electrons. The fourth-order valence-electron chi connectivity index (χ4n) is 2.54. The number of imidazole rings is 1. The number of carbonyl (C=O) groups excluding carboxylic acids is 4. The third kappa shape index (κ3) is 6.26. The van der Waals surface area contributed by atoms with Crippen molar-refractivity contribution in [2.24, 2.45) is 5.73 Å². The van der Waals surface area contributed by atoms with Crippen LogP contribution in [-0.2, 0) is 23.9 Å². The van der Waals surface area contributed by atoms with E-state index in [0.717, 1.165) is 12.6 Å². The molecular formula is C18H17F2I2N7O5. The van der Waals surface area contributed by atoms with Crippen molar-refractivity contribution in [1.82, 2.24) is 18.0 Å². The number of benzene rings is 1. The van der Waals surface area contributed by atoms with Crippen LogP contribution in [0.1, 0.15) is 5.56 Å². The fourth-order valence-corrected chi connectivity index (χ4v) is 3.76. The van der Waals surface area contributed by atoms with Gasteiger partial charge in [0, 0.05) is 7.05 Å². The highest BCUT2D eigenvalue weighted by atomic mass is 127. The van der Waals surface area contributed by atoms with Gasteiger partial charge >= 0.3 is 5.97 Å². The number of hydrogen-bond donors (Lipinski definition) is 2. The van der Waals surface area contributed by atoms with Crippen molar-refractivity contribution >= 4 is 86.1 Å². The summed E-state index contributed by atoms with van der Waals surface area (Å²) < 4.78 is 35.0. The summed E-state index contributed by atoms with van der Waals surface area (Å²) in [5.74, 6) is -4.84. The first kappa shape index (κ1) is 27.6. The molecule has 1 aromatic carbocycles. The summed E-state index contributed by atoms with van der Waals surface area (Å²) in [6, 6.07) is 2.23. The molecule has 3 amide bonds. The molecule has 0 bridgehead atoms. The topological polar surface area (TPSA) is 164 Å². The van der Waals surface area contributed by atoms with Crippen LogP contribution in [0.4, 0.5) is 14.7 Å². The second-order valence-electron chi connectivity index (χ2n) is 6.55. The molecule has 182 valence electrons. The van der Waals surface area contributed by atoms with Gasteiger partial charge in [0.05, 0.1) is 45.9 Å². The number of halogens is 4. The van der Waals surface area contributed by atoms with E-state index in [1.165, 1.54) is 7.05 Å². The minimum Gasteiger partial charge on any atom is -0.442 e. The average molecular weight is 703 g/mol. The third-order valence-corrected chi connectivity index (χ3v) is 5.86. The number of anilines is 1. The molecular weight excluding hydrogens is 686 g/mol. The van der Waals surface area contributed by atoms with E-state index in [0.29, 0.717) is 6.07 Å². The summed E-state index contributed by atoms with van der Waals surface area (Å²) in [6.45, 7) is -1.83. The van der Waals surface area contributed by atoms with Crippen LogP contribution in [0.2, 0.25) is 0 Å². The van der Waals surface area contributed by atoms with Crippen LogP contribution in [0.25, 0.3) is 11.0 Å². The lowest BCUT2D eigenvalue weighted by Gasteiger charge is -2.21. The maximum atomic E-state index is 14.6. The van der Waals surface area contributed by atoms with Gasteiger partial charge in [0.25, 0.3) is 0 Å². The standard InChI is InChI=1S/C18H17F2I2N7O5/c1-27(13(32)6-25-11(30)5-24)7-14(33)34-8-28(12(31)3-21)18-26-16-10(19)2-9(4-23)15(20)17(16)29(18)22/h2H,3,5-8,24H2,1H3,(H,25,30). The zero-order valence-corrected chi connectivity index (χ0v) is 21.8. The highest BCUT2D eigenvalue weighted by Gasteiger charge is 2.27. The molecule has 12 nitrogen and oxygen atoms in total. The van der Waals surface area contributed by atoms with Crippen molar-refractivity contribution in [3.63, 3.8) is 0 Å². The Morgan fingerprint density at radius 2 is 2.00 bits per heavy atom. The number of fused-ring (bicyclic) bond motifs is 1. The number of hydrogen-bond acceptors (Lipinski definition) is 8. The zero-order chi connectivity index (χ0) is 25.6. The maximum absolute atomic E-state index is 14.6. The lowest BCUT2D eigenvalue weighted by atomic mass is 10.2. The molecule has 1 heterocycles. The Kier molecular flexibility index (Phi) is 9.87. The zero-order valence-electron chi connectivity index (χ0n) is 17.5. The van der Waals surface area contributed by atoms with E-state index in [1.807, 2.05) is 0 Å². The molecule has 0 saturated carbocycles. The van der Waals surface area contributed by atoms with E-state index in [-0.39, 0.29) is 29.0 Å². The molecule has 1 aromatic heterocycles. The number of rotatable bonds is 9. The van der Waals surface area contributed by atoms with E-state index in [1.54, 1.807) is 51.5 Å². The smallest absolute Gasteiger partial charge is 0.327 e. The average Bonchev–Trinajstić information content (AvgIpc) is 3.16. The number of nitrogens with one attached hydrogen (secondary N) is 1. The van der Waals surface area contributed by atoms with Gasteiger partial charge in [0.2, 0.25) is 23.7 Å². The van der Waals surface area contributed by atoms with Crippen LogP contribution in [0, 0.1) is 23.0 Å². The Hall–Kier alpha value is -2.66. The Labute approximate surface area is 219 Å². The van der Waals surface area contributed by atoms with E-state index < -0.39 is 59.7 Å². The van der Waals surface area contributed by atoms with E-state index in [2.05, 4.69) is 10.3 Å². The Morgan fingerprint density at radius 3 is 2.59 bits per heavy atom. The number of nitriles is 1. The van der Waals surface area contributed by atoms with Gasteiger partial charge in [-0.3, -0.25) is 19.2 Å². The Bertz CT molecular complexity index is 1180. The number of amides is 3. The van der Waals surface area contributed by atoms with Crippen molar-refractivity contribution in [2.75, 3.05) is 42.7 Å². The minimum atomic E-state index is -1.02. The van der Waals surface area contributed by atoms with Crippen molar-refractivity contribution in [2.45, 2.75) is 0 Å². The molecule has 34 heavy (non-hydrogen) atoms. The molecule has 2 aromatic rings. The van der Waals surface area contributed by atoms with Crippen LogP contribution < -0.4 is 16.0 Å². The molecule has 0 spiro atoms. The van der Waals surface area contributed by atoms with Crippen LogP contribution >= 0.6 is 45.5 Å². The largest absolute Gasteiger partial charge is 0.442 e. The fraction of sp³-hybridized carbons (Fsp3) is 0.333. The lowest BCUT2D eigenvalue weighted by Crippen LogP contribution is -2.43. The molecule has 0 aliphatic carbocycles. The number of aromatic nitrogens is 2. The van der Waals surface area contributed by atoms with Gasteiger partial charge in [0.1, 0.15) is 23.6 Å². The van der Waals surface area contributed by atoms with Gasteiger partial charge in [-0.2, -0.15) is 5.26 Å². The van der Waals surface area contributed by atoms with Gasteiger partial charge in [-0.25, -0.2) is 21.4 Å². The summed E-state index contributed by atoms with van der Waals surface area (Å²) in [4.78, 5) is 53.6. The molecule has 16 heteroatoms. The summed E-state index contributed by atoms with van der Waals surface area (Å²) in [5.41, 5.74) is 3.82. The van der Waals surface area contributed by atoms with Crippen LogP contribution in [0.5, 0.6) is 0 Å². The number of esters is 1. The van der Waals surface area contributed by atoms with Gasteiger partial charge in [0.15, 0.2) is 18.4 Å². The minimum absolute atomic E-state index is 0.0806. The van der Waals surface area contributed by atoms with Crippen LogP contribution in [0.15, 0.2) is 6.07 Å². The first-order valence-electron chi connectivity index (χ1n) is 9.25. The highest BCUT2D eigenvalue weighted by molar-refractivity contribution is 14.1. The van der Waals surface area contributed by atoms with Gasteiger partial charge in [-0.15, -0.1) is 0 Å². The third-order valence-electron chi connectivity index (χ3n) is 4.30. The first-order valence-corrected chi connectivity index (χ1v) is 11.7. The van der Waals surface area contributed by atoms with Gasteiger partial charge < -0.3 is 20.7 Å². The van der Waals surface area contributed by atoms with Crippen LogP contribution in [0.3, 0.4) is 0 Å².